The molecule has 1 heterocycles. The van der Waals surface area contributed by atoms with Crippen LogP contribution in [0.5, 0.6) is 5.75 Å². The Kier molecular flexibility index (Phi) is 7.11. The van der Waals surface area contributed by atoms with Crippen LogP contribution in [-0.2, 0) is 11.4 Å². The van der Waals surface area contributed by atoms with E-state index in [9.17, 15) is 18.8 Å². The van der Waals surface area contributed by atoms with Crippen LogP contribution >= 0.6 is 11.8 Å². The molecule has 30 heavy (non-hydrogen) atoms. The van der Waals surface area contributed by atoms with Crippen LogP contribution in [0, 0.1) is 5.82 Å². The number of nitrogens with one attached hydrogen (secondary N) is 3. The van der Waals surface area contributed by atoms with E-state index in [4.69, 9.17) is 4.74 Å². The zero-order valence-electron chi connectivity index (χ0n) is 15.4. The third-order valence-electron chi connectivity index (χ3n) is 3.63. The molecule has 0 aliphatic carbocycles. The number of benzene rings is 2. The average Bonchev–Trinajstić information content (AvgIpc) is 2.73. The summed E-state index contributed by atoms with van der Waals surface area (Å²) in [6, 6.07) is 13.3. The minimum Gasteiger partial charge on any atom is -0.489 e. The normalized spacial score (nSPS) is 10.8. The molecular formula is C19H16FN5O4S. The van der Waals surface area contributed by atoms with Crippen LogP contribution in [0.2, 0.25) is 0 Å². The highest BCUT2D eigenvalue weighted by Gasteiger charge is 2.07. The van der Waals surface area contributed by atoms with E-state index in [-0.39, 0.29) is 23.2 Å². The molecule has 9 nitrogen and oxygen atoms in total. The van der Waals surface area contributed by atoms with E-state index in [2.05, 4.69) is 20.7 Å². The molecule has 0 saturated carbocycles. The summed E-state index contributed by atoms with van der Waals surface area (Å²) in [6.07, 6.45) is 1.42. The minimum atomic E-state index is -0.724. The molecule has 0 radical (unpaired) electrons. The number of rotatable bonds is 8. The lowest BCUT2D eigenvalue weighted by Gasteiger charge is -2.07. The standard InChI is InChI=1S/C19H16FN5O4S/c20-15-7-2-1-5-13(15)10-29-14-6-3-4-12(8-14)9-21-23-16(26)11-30-18-17(27)22-19(28)25-24-18/h1-9H,10-11H2,(H,23,26)(H2,22,25,27,28)/b21-9+. The van der Waals surface area contributed by atoms with Crippen molar-refractivity contribution in [3.63, 3.8) is 0 Å². The number of hydrazone groups is 1. The van der Waals surface area contributed by atoms with Crippen LogP contribution in [0.15, 0.2) is 68.2 Å². The van der Waals surface area contributed by atoms with E-state index in [1.165, 1.54) is 12.3 Å². The van der Waals surface area contributed by atoms with Gasteiger partial charge in [0.15, 0.2) is 5.03 Å². The van der Waals surface area contributed by atoms with E-state index in [0.29, 0.717) is 16.9 Å². The first kappa shape index (κ1) is 21.0. The SMILES string of the molecule is O=C(CSc1n[nH]c(=O)[nH]c1=O)N/N=C/c1cccc(OCc2ccccc2F)c1. The van der Waals surface area contributed by atoms with E-state index in [0.717, 1.165) is 11.8 Å². The van der Waals surface area contributed by atoms with E-state index in [1.54, 1.807) is 42.5 Å². The molecule has 3 aromatic rings. The summed E-state index contributed by atoms with van der Waals surface area (Å²) >= 11 is 0.857. The predicted molar refractivity (Wildman–Crippen MR) is 109 cm³/mol. The molecule has 11 heteroatoms. The molecule has 0 aliphatic heterocycles. The summed E-state index contributed by atoms with van der Waals surface area (Å²) in [6.45, 7) is 0.0825. The topological polar surface area (TPSA) is 129 Å². The maximum absolute atomic E-state index is 13.6. The first-order valence-electron chi connectivity index (χ1n) is 8.61. The first-order valence-corrected chi connectivity index (χ1v) is 9.60. The zero-order valence-corrected chi connectivity index (χ0v) is 16.2. The monoisotopic (exact) mass is 429 g/mol. The summed E-state index contributed by atoms with van der Waals surface area (Å²) in [5, 5.41) is 9.45. The maximum Gasteiger partial charge on any atom is 0.342 e. The van der Waals surface area contributed by atoms with E-state index in [1.807, 2.05) is 4.98 Å². The number of halogens is 1. The number of hydrogen-bond donors (Lipinski definition) is 3. The van der Waals surface area contributed by atoms with Crippen molar-refractivity contribution < 1.29 is 13.9 Å². The Bertz CT molecular complexity index is 1180. The number of aromatic nitrogens is 3. The molecule has 3 rings (SSSR count). The van der Waals surface area contributed by atoms with Gasteiger partial charge in [0.25, 0.3) is 5.56 Å². The van der Waals surface area contributed by atoms with Crippen molar-refractivity contribution in [1.29, 1.82) is 0 Å². The fourth-order valence-corrected chi connectivity index (χ4v) is 2.87. The van der Waals surface area contributed by atoms with Gasteiger partial charge in [0.2, 0.25) is 5.91 Å². The van der Waals surface area contributed by atoms with Gasteiger partial charge in [-0.1, -0.05) is 42.1 Å². The van der Waals surface area contributed by atoms with Crippen molar-refractivity contribution in [3.05, 3.63) is 86.3 Å². The number of carbonyl (C=O) groups excluding carboxylic acids is 1. The van der Waals surface area contributed by atoms with Gasteiger partial charge in [-0.25, -0.2) is 19.7 Å². The third kappa shape index (κ3) is 6.14. The number of amides is 1. The second-order valence-corrected chi connectivity index (χ2v) is 6.81. The molecule has 0 spiro atoms. The van der Waals surface area contributed by atoms with Crippen LogP contribution in [0.4, 0.5) is 4.39 Å². The Labute approximate surface area is 173 Å². The van der Waals surface area contributed by atoms with Crippen LogP contribution in [-0.4, -0.2) is 33.1 Å². The molecule has 3 N–H and O–H groups in total. The number of thioether (sulfide) groups is 1. The molecule has 0 aliphatic rings. The van der Waals surface area contributed by atoms with Crippen LogP contribution in [0.1, 0.15) is 11.1 Å². The lowest BCUT2D eigenvalue weighted by Crippen LogP contribution is -2.26. The molecule has 0 saturated heterocycles. The fourth-order valence-electron chi connectivity index (χ4n) is 2.24. The maximum atomic E-state index is 13.6. The summed E-state index contributed by atoms with van der Waals surface area (Å²) in [5.74, 6) is -0.399. The van der Waals surface area contributed by atoms with Gasteiger partial charge in [-0.15, -0.1) is 0 Å². The lowest BCUT2D eigenvalue weighted by atomic mass is 10.2. The Hall–Kier alpha value is -3.73. The highest BCUT2D eigenvalue weighted by molar-refractivity contribution is 7.99. The van der Waals surface area contributed by atoms with Crippen molar-refractivity contribution >= 4 is 23.9 Å². The van der Waals surface area contributed by atoms with Crippen molar-refractivity contribution in [1.82, 2.24) is 20.6 Å². The van der Waals surface area contributed by atoms with Crippen molar-refractivity contribution in [2.45, 2.75) is 11.6 Å². The minimum absolute atomic E-state index is 0.0339. The number of nitrogens with zero attached hydrogens (tertiary/aromatic N) is 2. The molecule has 0 bridgehead atoms. The Morgan fingerprint density at radius 3 is 2.87 bits per heavy atom. The Morgan fingerprint density at radius 1 is 1.23 bits per heavy atom. The highest BCUT2D eigenvalue weighted by atomic mass is 32.2. The van der Waals surface area contributed by atoms with Gasteiger partial charge in [0, 0.05) is 5.56 Å². The van der Waals surface area contributed by atoms with Gasteiger partial charge in [-0.05, 0) is 23.8 Å². The smallest absolute Gasteiger partial charge is 0.342 e. The van der Waals surface area contributed by atoms with Gasteiger partial charge in [-0.3, -0.25) is 14.6 Å². The molecular weight excluding hydrogens is 413 g/mol. The molecule has 1 aromatic heterocycles. The summed E-state index contributed by atoms with van der Waals surface area (Å²) in [7, 11) is 0. The molecule has 154 valence electrons. The average molecular weight is 429 g/mol. The number of H-pyrrole nitrogens is 2. The Morgan fingerprint density at radius 2 is 2.07 bits per heavy atom. The first-order chi connectivity index (χ1) is 14.5. The van der Waals surface area contributed by atoms with Crippen molar-refractivity contribution in [2.75, 3.05) is 5.75 Å². The highest BCUT2D eigenvalue weighted by Crippen LogP contribution is 2.15. The zero-order chi connectivity index (χ0) is 21.3. The Balaban J connectivity index is 1.50. The second kappa shape index (κ2) is 10.2. The summed E-state index contributed by atoms with van der Waals surface area (Å²) in [4.78, 5) is 36.2. The molecule has 0 atom stereocenters. The number of hydrogen-bond acceptors (Lipinski definition) is 7. The third-order valence-corrected chi connectivity index (χ3v) is 4.59. The molecule has 0 fully saturated rings. The van der Waals surface area contributed by atoms with Gasteiger partial charge in [0.1, 0.15) is 18.2 Å². The summed E-state index contributed by atoms with van der Waals surface area (Å²) < 4.78 is 19.2. The van der Waals surface area contributed by atoms with E-state index < -0.39 is 17.2 Å². The number of ether oxygens (including phenoxy) is 1. The molecule has 1 amide bonds. The second-order valence-electron chi connectivity index (χ2n) is 5.85. The molecule has 0 unspecified atom stereocenters. The number of carbonyl (C=O) groups is 1. The van der Waals surface area contributed by atoms with E-state index >= 15 is 0 Å². The predicted octanol–water partition coefficient (Wildman–Crippen LogP) is 1.42. The van der Waals surface area contributed by atoms with Crippen LogP contribution in [0.3, 0.4) is 0 Å². The quantitative estimate of drug-likeness (QED) is 0.282. The molecule has 2 aromatic carbocycles. The van der Waals surface area contributed by atoms with Gasteiger partial charge < -0.3 is 4.74 Å². The van der Waals surface area contributed by atoms with Crippen LogP contribution < -0.4 is 21.4 Å². The van der Waals surface area contributed by atoms with Gasteiger partial charge in [0.05, 0.1) is 12.0 Å². The lowest BCUT2D eigenvalue weighted by molar-refractivity contribution is -0.118. The summed E-state index contributed by atoms with van der Waals surface area (Å²) in [5.41, 5.74) is 2.03. The van der Waals surface area contributed by atoms with Crippen molar-refractivity contribution in [2.24, 2.45) is 5.10 Å². The largest absolute Gasteiger partial charge is 0.489 e. The van der Waals surface area contributed by atoms with Gasteiger partial charge >= 0.3 is 5.69 Å². The van der Waals surface area contributed by atoms with Crippen LogP contribution in [0.25, 0.3) is 0 Å². The van der Waals surface area contributed by atoms with Gasteiger partial charge in [-0.2, -0.15) is 10.2 Å². The van der Waals surface area contributed by atoms with Crippen molar-refractivity contribution in [3.8, 4) is 5.75 Å². The fraction of sp³-hybridized carbons (Fsp3) is 0.105. The number of aromatic amines is 2.